The van der Waals surface area contributed by atoms with E-state index in [1.165, 1.54) is 11.8 Å². The second-order valence-electron chi connectivity index (χ2n) is 8.30. The van der Waals surface area contributed by atoms with Crippen molar-refractivity contribution in [3.63, 3.8) is 0 Å². The molecule has 0 saturated heterocycles. The summed E-state index contributed by atoms with van der Waals surface area (Å²) < 4.78 is 11.1. The van der Waals surface area contributed by atoms with E-state index in [0.29, 0.717) is 31.9 Å². The van der Waals surface area contributed by atoms with Gasteiger partial charge in [0, 0.05) is 37.4 Å². The van der Waals surface area contributed by atoms with Crippen molar-refractivity contribution >= 4 is 5.91 Å². The molecule has 7 heteroatoms. The van der Waals surface area contributed by atoms with Gasteiger partial charge in [0.1, 0.15) is 12.0 Å². The van der Waals surface area contributed by atoms with Crippen LogP contribution in [0.2, 0.25) is 0 Å². The van der Waals surface area contributed by atoms with Crippen LogP contribution in [0, 0.1) is 0 Å². The highest BCUT2D eigenvalue weighted by Gasteiger charge is 2.20. The lowest BCUT2D eigenvalue weighted by Gasteiger charge is -2.28. The summed E-state index contributed by atoms with van der Waals surface area (Å²) in [7, 11) is 1.67. The van der Waals surface area contributed by atoms with Gasteiger partial charge in [0.15, 0.2) is 5.69 Å². The minimum atomic E-state index is -0.258. The van der Waals surface area contributed by atoms with E-state index in [2.05, 4.69) is 45.3 Å². The number of rotatable bonds is 11. The van der Waals surface area contributed by atoms with Crippen LogP contribution in [0.3, 0.4) is 0 Å². The average Bonchev–Trinajstić information content (AvgIpc) is 3.38. The third-order valence-corrected chi connectivity index (χ3v) is 5.87. The number of aromatic nitrogens is 2. The monoisotopic (exact) mass is 470 g/mol. The van der Waals surface area contributed by atoms with Gasteiger partial charge in [0.2, 0.25) is 5.89 Å². The molecule has 0 saturated carbocycles. The fraction of sp³-hybridized carbons (Fsp3) is 0.250. The summed E-state index contributed by atoms with van der Waals surface area (Å²) in [6, 6.07) is 24.2. The standard InChI is InChI=1S/C28H30N4O3/c1-21(23-10-4-3-5-11-23)32(18-22-9-8-13-25(17-22)34-2)19-27-31-26(20-35-27)28(33)30-16-14-24-12-6-7-15-29-24/h3-13,15,17,20-21H,14,16,18-19H2,1-2H3,(H,30,33). The third-order valence-electron chi connectivity index (χ3n) is 5.87. The van der Waals surface area contributed by atoms with E-state index < -0.39 is 0 Å². The first-order valence-corrected chi connectivity index (χ1v) is 11.7. The molecule has 1 unspecified atom stereocenters. The number of nitrogens with zero attached hydrogens (tertiary/aromatic N) is 3. The number of oxazole rings is 1. The Morgan fingerprint density at radius 1 is 1.06 bits per heavy atom. The number of benzene rings is 2. The molecule has 180 valence electrons. The number of pyridine rings is 1. The zero-order chi connectivity index (χ0) is 24.5. The van der Waals surface area contributed by atoms with Crippen LogP contribution in [0.1, 0.15) is 46.2 Å². The molecule has 2 aromatic heterocycles. The molecule has 4 aromatic rings. The summed E-state index contributed by atoms with van der Waals surface area (Å²) in [6.45, 7) is 3.75. The lowest BCUT2D eigenvalue weighted by Crippen LogP contribution is -2.27. The van der Waals surface area contributed by atoms with Crippen LogP contribution >= 0.6 is 0 Å². The highest BCUT2D eigenvalue weighted by molar-refractivity contribution is 5.91. The van der Waals surface area contributed by atoms with Crippen molar-refractivity contribution in [1.82, 2.24) is 20.2 Å². The van der Waals surface area contributed by atoms with Crippen molar-refractivity contribution in [1.29, 1.82) is 0 Å². The van der Waals surface area contributed by atoms with Crippen LogP contribution in [0.15, 0.2) is 89.7 Å². The number of carbonyl (C=O) groups is 1. The predicted octanol–water partition coefficient (Wildman–Crippen LogP) is 4.81. The van der Waals surface area contributed by atoms with Crippen molar-refractivity contribution in [3.8, 4) is 5.75 Å². The number of amides is 1. The van der Waals surface area contributed by atoms with Crippen molar-refractivity contribution < 1.29 is 13.9 Å². The Morgan fingerprint density at radius 2 is 1.89 bits per heavy atom. The minimum absolute atomic E-state index is 0.102. The van der Waals surface area contributed by atoms with E-state index in [-0.39, 0.29) is 17.6 Å². The Morgan fingerprint density at radius 3 is 2.66 bits per heavy atom. The van der Waals surface area contributed by atoms with Crippen LogP contribution < -0.4 is 10.1 Å². The highest BCUT2D eigenvalue weighted by Crippen LogP contribution is 2.25. The molecule has 0 bridgehead atoms. The first kappa shape index (κ1) is 24.2. The number of methoxy groups -OCH3 is 1. The quantitative estimate of drug-likeness (QED) is 0.339. The molecular weight excluding hydrogens is 440 g/mol. The molecule has 35 heavy (non-hydrogen) atoms. The van der Waals surface area contributed by atoms with Crippen molar-refractivity contribution in [3.05, 3.63) is 114 Å². The summed E-state index contributed by atoms with van der Waals surface area (Å²) in [5.41, 5.74) is 3.51. The van der Waals surface area contributed by atoms with Gasteiger partial charge in [-0.05, 0) is 42.3 Å². The molecule has 0 aliphatic rings. The van der Waals surface area contributed by atoms with Crippen LogP contribution in [-0.4, -0.2) is 34.4 Å². The fourth-order valence-electron chi connectivity index (χ4n) is 3.88. The minimum Gasteiger partial charge on any atom is -0.497 e. The average molecular weight is 471 g/mol. The molecule has 0 aliphatic carbocycles. The largest absolute Gasteiger partial charge is 0.497 e. The lowest BCUT2D eigenvalue weighted by molar-refractivity contribution is 0.0949. The zero-order valence-electron chi connectivity index (χ0n) is 20.1. The lowest BCUT2D eigenvalue weighted by atomic mass is 10.1. The van der Waals surface area contributed by atoms with E-state index in [9.17, 15) is 4.79 Å². The van der Waals surface area contributed by atoms with E-state index in [1.54, 1.807) is 13.3 Å². The molecule has 7 nitrogen and oxygen atoms in total. The van der Waals surface area contributed by atoms with Gasteiger partial charge in [-0.3, -0.25) is 14.7 Å². The van der Waals surface area contributed by atoms with Crippen molar-refractivity contribution in [2.75, 3.05) is 13.7 Å². The second kappa shape index (κ2) is 11.9. The molecule has 0 radical (unpaired) electrons. The van der Waals surface area contributed by atoms with E-state index in [1.807, 2.05) is 54.6 Å². The Kier molecular flexibility index (Phi) is 8.25. The van der Waals surface area contributed by atoms with E-state index in [4.69, 9.17) is 9.15 Å². The van der Waals surface area contributed by atoms with Crippen LogP contribution in [0.25, 0.3) is 0 Å². The van der Waals surface area contributed by atoms with Crippen molar-refractivity contribution in [2.24, 2.45) is 0 Å². The van der Waals surface area contributed by atoms with Crippen LogP contribution in [0.4, 0.5) is 0 Å². The topological polar surface area (TPSA) is 80.5 Å². The van der Waals surface area contributed by atoms with Gasteiger partial charge >= 0.3 is 0 Å². The predicted molar refractivity (Wildman–Crippen MR) is 134 cm³/mol. The molecule has 2 heterocycles. The summed E-state index contributed by atoms with van der Waals surface area (Å²) >= 11 is 0. The molecule has 2 aromatic carbocycles. The summed E-state index contributed by atoms with van der Waals surface area (Å²) in [6.07, 6.45) is 3.82. The zero-order valence-corrected chi connectivity index (χ0v) is 20.1. The third kappa shape index (κ3) is 6.77. The van der Waals surface area contributed by atoms with Crippen LogP contribution in [-0.2, 0) is 19.5 Å². The number of ether oxygens (including phenoxy) is 1. The maximum Gasteiger partial charge on any atom is 0.273 e. The Bertz CT molecular complexity index is 1210. The molecule has 0 fully saturated rings. The summed E-state index contributed by atoms with van der Waals surface area (Å²) in [4.78, 5) is 23.6. The number of nitrogens with one attached hydrogen (secondary N) is 1. The van der Waals surface area contributed by atoms with Gasteiger partial charge in [-0.25, -0.2) is 4.98 Å². The van der Waals surface area contributed by atoms with Gasteiger partial charge in [0.25, 0.3) is 5.91 Å². The first-order chi connectivity index (χ1) is 17.1. The van der Waals surface area contributed by atoms with Gasteiger partial charge in [-0.1, -0.05) is 48.5 Å². The second-order valence-corrected chi connectivity index (χ2v) is 8.30. The molecule has 1 N–H and O–H groups in total. The maximum atomic E-state index is 12.6. The van der Waals surface area contributed by atoms with Gasteiger partial charge in [-0.2, -0.15) is 0 Å². The highest BCUT2D eigenvalue weighted by atomic mass is 16.5. The molecule has 0 spiro atoms. The summed E-state index contributed by atoms with van der Waals surface area (Å²) in [5, 5.41) is 2.89. The molecule has 1 atom stereocenters. The maximum absolute atomic E-state index is 12.6. The number of hydrogen-bond donors (Lipinski definition) is 1. The SMILES string of the molecule is COc1cccc(CN(Cc2nc(C(=O)NCCc3ccccn3)co2)C(C)c2ccccc2)c1. The van der Waals surface area contributed by atoms with Gasteiger partial charge < -0.3 is 14.5 Å². The van der Waals surface area contributed by atoms with E-state index in [0.717, 1.165) is 17.0 Å². The molecular formula is C28H30N4O3. The fourth-order valence-corrected chi connectivity index (χ4v) is 3.88. The smallest absolute Gasteiger partial charge is 0.273 e. The normalized spacial score (nSPS) is 11.9. The Balaban J connectivity index is 1.44. The first-order valence-electron chi connectivity index (χ1n) is 11.7. The molecule has 4 rings (SSSR count). The van der Waals surface area contributed by atoms with Gasteiger partial charge in [0.05, 0.1) is 13.7 Å². The van der Waals surface area contributed by atoms with E-state index >= 15 is 0 Å². The Hall–Kier alpha value is -3.97. The van der Waals surface area contributed by atoms with Gasteiger partial charge in [-0.15, -0.1) is 0 Å². The molecule has 1 amide bonds. The summed E-state index contributed by atoms with van der Waals surface area (Å²) in [5.74, 6) is 1.05. The number of carbonyl (C=O) groups excluding carboxylic acids is 1. The van der Waals surface area contributed by atoms with Crippen LogP contribution in [0.5, 0.6) is 5.75 Å². The van der Waals surface area contributed by atoms with Crippen molar-refractivity contribution in [2.45, 2.75) is 32.5 Å². The Labute approximate surface area is 205 Å². The number of hydrogen-bond acceptors (Lipinski definition) is 6. The molecule has 0 aliphatic heterocycles.